The summed E-state index contributed by atoms with van der Waals surface area (Å²) in [4.78, 5) is 0. The average Bonchev–Trinajstić information content (AvgIpc) is 1.69. The third kappa shape index (κ3) is 5.08. The molecule has 0 radical (unpaired) electrons. The standard InChI is InChI=1S/C6H7N/c1-3-5-7-6-4-2/h1-2,7H,5-6H2. The molecule has 7 heavy (non-hydrogen) atoms. The van der Waals surface area contributed by atoms with E-state index in [1.54, 1.807) is 0 Å². The minimum atomic E-state index is 0.560. The van der Waals surface area contributed by atoms with E-state index < -0.39 is 0 Å². The lowest BCUT2D eigenvalue weighted by molar-refractivity contribution is 0.872. The van der Waals surface area contributed by atoms with Crippen LogP contribution in [0.1, 0.15) is 0 Å². The van der Waals surface area contributed by atoms with Crippen LogP contribution in [-0.4, -0.2) is 13.1 Å². The van der Waals surface area contributed by atoms with Crippen LogP contribution in [0.15, 0.2) is 0 Å². The number of nitrogens with one attached hydrogen (secondary N) is 1. The van der Waals surface area contributed by atoms with Crippen molar-refractivity contribution in [3.63, 3.8) is 0 Å². The van der Waals surface area contributed by atoms with Crippen LogP contribution in [0.25, 0.3) is 0 Å². The van der Waals surface area contributed by atoms with E-state index in [-0.39, 0.29) is 0 Å². The van der Waals surface area contributed by atoms with Crippen LogP contribution in [-0.2, 0) is 0 Å². The van der Waals surface area contributed by atoms with E-state index >= 15 is 0 Å². The first kappa shape index (κ1) is 6.08. The van der Waals surface area contributed by atoms with E-state index in [1.165, 1.54) is 0 Å². The fourth-order valence-electron chi connectivity index (χ4n) is 0.207. The molecule has 0 amide bonds. The van der Waals surface area contributed by atoms with Crippen LogP contribution in [0.4, 0.5) is 0 Å². The maximum absolute atomic E-state index is 4.89. The topological polar surface area (TPSA) is 12.0 Å². The first-order valence-electron chi connectivity index (χ1n) is 1.99. The Balaban J connectivity index is 2.77. The van der Waals surface area contributed by atoms with Crippen LogP contribution in [0.5, 0.6) is 0 Å². The Morgan fingerprint density at radius 2 is 1.57 bits per heavy atom. The maximum atomic E-state index is 4.89. The molecule has 0 aliphatic heterocycles. The Morgan fingerprint density at radius 1 is 1.14 bits per heavy atom. The summed E-state index contributed by atoms with van der Waals surface area (Å²) < 4.78 is 0. The summed E-state index contributed by atoms with van der Waals surface area (Å²) in [6, 6.07) is 0. The Hall–Kier alpha value is -0.920. The number of rotatable bonds is 2. The molecule has 1 nitrogen and oxygen atoms in total. The molecule has 0 spiro atoms. The average molecular weight is 93.1 g/mol. The Morgan fingerprint density at radius 3 is 1.86 bits per heavy atom. The van der Waals surface area contributed by atoms with Crippen LogP contribution < -0.4 is 5.32 Å². The van der Waals surface area contributed by atoms with E-state index in [9.17, 15) is 0 Å². The van der Waals surface area contributed by atoms with Crippen LogP contribution in [0.2, 0.25) is 0 Å². The quantitative estimate of drug-likeness (QED) is 0.369. The summed E-state index contributed by atoms with van der Waals surface area (Å²) in [5.41, 5.74) is 0. The molecule has 1 heteroatoms. The zero-order valence-electron chi connectivity index (χ0n) is 4.07. The van der Waals surface area contributed by atoms with Crippen molar-refractivity contribution in [1.29, 1.82) is 0 Å². The fraction of sp³-hybridized carbons (Fsp3) is 0.333. The molecule has 0 unspecified atom stereocenters. The highest BCUT2D eigenvalue weighted by atomic mass is 14.8. The van der Waals surface area contributed by atoms with E-state index in [2.05, 4.69) is 17.2 Å². The summed E-state index contributed by atoms with van der Waals surface area (Å²) in [5.74, 6) is 4.79. The zero-order chi connectivity index (χ0) is 5.54. The molecular formula is C6H7N. The molecule has 0 atom stereocenters. The van der Waals surface area contributed by atoms with Gasteiger partial charge in [-0.25, -0.2) is 0 Å². The van der Waals surface area contributed by atoms with Gasteiger partial charge in [-0.1, -0.05) is 11.8 Å². The number of hydrogen-bond donors (Lipinski definition) is 1. The molecule has 36 valence electrons. The first-order valence-corrected chi connectivity index (χ1v) is 1.99. The molecule has 1 N–H and O–H groups in total. The van der Waals surface area contributed by atoms with E-state index in [0.717, 1.165) is 0 Å². The van der Waals surface area contributed by atoms with Crippen LogP contribution in [0, 0.1) is 24.7 Å². The normalized spacial score (nSPS) is 6.57. The molecule has 0 aromatic heterocycles. The van der Waals surface area contributed by atoms with Gasteiger partial charge in [0, 0.05) is 0 Å². The second-order valence-corrected chi connectivity index (χ2v) is 1.01. The highest BCUT2D eigenvalue weighted by Gasteiger charge is 1.69. The third-order valence-electron chi connectivity index (χ3n) is 0.454. The molecule has 0 aromatic rings. The van der Waals surface area contributed by atoms with Gasteiger partial charge in [0.1, 0.15) is 0 Å². The lowest BCUT2D eigenvalue weighted by Crippen LogP contribution is -2.12. The minimum absolute atomic E-state index is 0.560. The molecule has 0 heterocycles. The maximum Gasteiger partial charge on any atom is 0.0581 e. The van der Waals surface area contributed by atoms with Crippen LogP contribution in [0.3, 0.4) is 0 Å². The van der Waals surface area contributed by atoms with Crippen molar-refractivity contribution in [2.45, 2.75) is 0 Å². The smallest absolute Gasteiger partial charge is 0.0581 e. The van der Waals surface area contributed by atoms with Gasteiger partial charge in [0.2, 0.25) is 0 Å². The summed E-state index contributed by atoms with van der Waals surface area (Å²) in [5, 5.41) is 2.81. The van der Waals surface area contributed by atoms with Crippen molar-refractivity contribution in [3.8, 4) is 24.7 Å². The molecule has 0 aliphatic rings. The third-order valence-corrected chi connectivity index (χ3v) is 0.454. The number of hydrogen-bond acceptors (Lipinski definition) is 1. The highest BCUT2D eigenvalue weighted by Crippen LogP contribution is 1.50. The summed E-state index contributed by atoms with van der Waals surface area (Å²) >= 11 is 0. The van der Waals surface area contributed by atoms with Crippen molar-refractivity contribution in [2.75, 3.05) is 13.1 Å². The van der Waals surface area contributed by atoms with Gasteiger partial charge in [-0.2, -0.15) is 0 Å². The van der Waals surface area contributed by atoms with E-state index in [1.807, 2.05) is 0 Å². The Bertz CT molecular complexity index is 88.3. The van der Waals surface area contributed by atoms with Gasteiger partial charge in [0.05, 0.1) is 13.1 Å². The summed E-state index contributed by atoms with van der Waals surface area (Å²) in [7, 11) is 0. The Kier molecular flexibility index (Phi) is 4.41. The molecule has 0 saturated carbocycles. The van der Waals surface area contributed by atoms with Crippen LogP contribution >= 0.6 is 0 Å². The molecular weight excluding hydrogens is 86.1 g/mol. The van der Waals surface area contributed by atoms with E-state index in [0.29, 0.717) is 13.1 Å². The van der Waals surface area contributed by atoms with Gasteiger partial charge in [-0.05, 0) is 0 Å². The lowest BCUT2D eigenvalue weighted by Gasteiger charge is -1.86. The van der Waals surface area contributed by atoms with Gasteiger partial charge in [0.25, 0.3) is 0 Å². The monoisotopic (exact) mass is 93.1 g/mol. The first-order chi connectivity index (χ1) is 3.41. The van der Waals surface area contributed by atoms with Gasteiger partial charge in [0.15, 0.2) is 0 Å². The van der Waals surface area contributed by atoms with Crippen molar-refractivity contribution in [2.24, 2.45) is 0 Å². The molecule has 0 aromatic carbocycles. The van der Waals surface area contributed by atoms with Crippen molar-refractivity contribution >= 4 is 0 Å². The zero-order valence-corrected chi connectivity index (χ0v) is 4.07. The predicted molar refractivity (Wildman–Crippen MR) is 30.5 cm³/mol. The van der Waals surface area contributed by atoms with Crippen molar-refractivity contribution < 1.29 is 0 Å². The van der Waals surface area contributed by atoms with E-state index in [4.69, 9.17) is 12.8 Å². The highest BCUT2D eigenvalue weighted by molar-refractivity contribution is 4.92. The van der Waals surface area contributed by atoms with Gasteiger partial charge < -0.3 is 0 Å². The molecule has 0 bridgehead atoms. The Labute approximate surface area is 44.1 Å². The van der Waals surface area contributed by atoms with Crippen molar-refractivity contribution in [3.05, 3.63) is 0 Å². The molecule has 0 rings (SSSR count). The summed E-state index contributed by atoms with van der Waals surface area (Å²) in [6.07, 6.45) is 9.78. The lowest BCUT2D eigenvalue weighted by atomic mass is 10.6. The number of terminal acetylenes is 2. The largest absolute Gasteiger partial charge is 0.295 e. The van der Waals surface area contributed by atoms with Gasteiger partial charge in [-0.15, -0.1) is 12.8 Å². The molecule has 0 aliphatic carbocycles. The molecule has 0 fully saturated rings. The SMILES string of the molecule is C#CCNCC#C. The second-order valence-electron chi connectivity index (χ2n) is 1.01. The van der Waals surface area contributed by atoms with Gasteiger partial charge >= 0.3 is 0 Å². The molecule has 0 saturated heterocycles. The van der Waals surface area contributed by atoms with Gasteiger partial charge in [-0.3, -0.25) is 5.32 Å². The van der Waals surface area contributed by atoms with Crippen molar-refractivity contribution in [1.82, 2.24) is 5.32 Å². The fourth-order valence-corrected chi connectivity index (χ4v) is 0.207. The second kappa shape index (κ2) is 5.08. The predicted octanol–water partition coefficient (Wildman–Crippen LogP) is -0.158. The minimum Gasteiger partial charge on any atom is -0.295 e. The summed E-state index contributed by atoms with van der Waals surface area (Å²) in [6.45, 7) is 1.12.